The van der Waals surface area contributed by atoms with Gasteiger partial charge in [0.15, 0.2) is 0 Å². The number of rotatable bonds is 6. The molecule has 3 N–H and O–H groups in total. The van der Waals surface area contributed by atoms with Crippen molar-refractivity contribution in [3.63, 3.8) is 0 Å². The zero-order valence-electron chi connectivity index (χ0n) is 17.9. The molecule has 0 radical (unpaired) electrons. The fraction of sp³-hybridized carbons (Fsp3) is 0.0800. The largest absolute Gasteiger partial charge is 0.396 e. The van der Waals surface area contributed by atoms with Crippen molar-refractivity contribution in [2.75, 3.05) is 11.1 Å². The lowest BCUT2D eigenvalue weighted by molar-refractivity contribution is 0.104. The molecule has 1 aromatic heterocycles. The van der Waals surface area contributed by atoms with Gasteiger partial charge in [0.05, 0.1) is 10.6 Å². The highest BCUT2D eigenvalue weighted by Crippen LogP contribution is 2.44. The van der Waals surface area contributed by atoms with Crippen LogP contribution in [0, 0.1) is 13.8 Å². The minimum atomic E-state index is -4.04. The van der Waals surface area contributed by atoms with Crippen molar-refractivity contribution in [1.29, 1.82) is 0 Å². The van der Waals surface area contributed by atoms with Gasteiger partial charge in [-0.05, 0) is 49.7 Å². The van der Waals surface area contributed by atoms with Gasteiger partial charge >= 0.3 is 0 Å². The Morgan fingerprint density at radius 2 is 1.64 bits per heavy atom. The minimum Gasteiger partial charge on any atom is -0.396 e. The summed E-state index contributed by atoms with van der Waals surface area (Å²) in [6, 6.07) is 20.3. The van der Waals surface area contributed by atoms with Crippen LogP contribution >= 0.6 is 22.9 Å². The Morgan fingerprint density at radius 1 is 0.970 bits per heavy atom. The lowest BCUT2D eigenvalue weighted by Gasteiger charge is -2.12. The van der Waals surface area contributed by atoms with Crippen molar-refractivity contribution >= 4 is 54.9 Å². The number of carbonyl (C=O) groups is 1. The molecule has 33 heavy (non-hydrogen) atoms. The van der Waals surface area contributed by atoms with Gasteiger partial charge in [-0.1, -0.05) is 59.6 Å². The minimum absolute atomic E-state index is 0.0405. The van der Waals surface area contributed by atoms with Gasteiger partial charge in [-0.25, -0.2) is 8.42 Å². The first-order valence-corrected chi connectivity index (χ1v) is 12.7. The van der Waals surface area contributed by atoms with E-state index in [0.717, 1.165) is 28.2 Å². The summed E-state index contributed by atoms with van der Waals surface area (Å²) >= 11 is 6.98. The number of carbonyl (C=O) groups excluding carboxylic acids is 1. The molecule has 5 nitrogen and oxygen atoms in total. The molecule has 0 fully saturated rings. The smallest absolute Gasteiger partial charge is 0.211 e. The Labute approximate surface area is 201 Å². The number of nitrogen functional groups attached to an aromatic ring is 1. The number of nitrogens with one attached hydrogen (secondary N) is 1. The van der Waals surface area contributed by atoms with Crippen LogP contribution in [0.15, 0.2) is 82.6 Å². The van der Waals surface area contributed by atoms with Crippen LogP contribution in [0.2, 0.25) is 5.02 Å². The van der Waals surface area contributed by atoms with Crippen molar-refractivity contribution in [3.8, 4) is 0 Å². The fourth-order valence-electron chi connectivity index (χ4n) is 3.47. The monoisotopic (exact) mass is 496 g/mol. The second-order valence-corrected chi connectivity index (χ2v) is 10.9. The zero-order chi connectivity index (χ0) is 23.8. The molecule has 0 amide bonds. The molecule has 1 heterocycles. The molecule has 0 aliphatic rings. The summed E-state index contributed by atoms with van der Waals surface area (Å²) in [5, 5.41) is 3.91. The Hall–Kier alpha value is -3.13. The molecule has 4 rings (SSSR count). The number of benzene rings is 3. The average molecular weight is 497 g/mol. The fourth-order valence-corrected chi connectivity index (χ4v) is 6.53. The quantitative estimate of drug-likeness (QED) is 0.301. The Kier molecular flexibility index (Phi) is 6.30. The topological polar surface area (TPSA) is 89.3 Å². The molecular formula is C25H21ClN2O3S2. The van der Waals surface area contributed by atoms with Crippen LogP contribution in [0.5, 0.6) is 0 Å². The van der Waals surface area contributed by atoms with Crippen molar-refractivity contribution in [2.45, 2.75) is 23.6 Å². The van der Waals surface area contributed by atoms with Crippen LogP contribution in [0.25, 0.3) is 0 Å². The van der Waals surface area contributed by atoms with E-state index in [0.29, 0.717) is 10.6 Å². The highest BCUT2D eigenvalue weighted by Gasteiger charge is 2.31. The molecule has 0 saturated heterocycles. The summed E-state index contributed by atoms with van der Waals surface area (Å²) in [5.74, 6) is -0.334. The van der Waals surface area contributed by atoms with Crippen LogP contribution < -0.4 is 11.1 Å². The van der Waals surface area contributed by atoms with Crippen molar-refractivity contribution in [1.82, 2.24) is 0 Å². The Bertz CT molecular complexity index is 1450. The molecule has 0 unspecified atom stereocenters. The number of hydrogen-bond acceptors (Lipinski definition) is 6. The van der Waals surface area contributed by atoms with Gasteiger partial charge in [-0.15, -0.1) is 11.3 Å². The number of nitrogens with two attached hydrogens (primary N) is 1. The zero-order valence-corrected chi connectivity index (χ0v) is 20.3. The number of thiophene rings is 1. The van der Waals surface area contributed by atoms with Crippen molar-refractivity contribution in [3.05, 3.63) is 99.4 Å². The molecule has 0 aliphatic carbocycles. The van der Waals surface area contributed by atoms with Gasteiger partial charge in [-0.3, -0.25) is 4.79 Å². The van der Waals surface area contributed by atoms with E-state index in [-0.39, 0.29) is 31.1 Å². The first-order chi connectivity index (χ1) is 15.7. The van der Waals surface area contributed by atoms with Gasteiger partial charge in [0.25, 0.3) is 0 Å². The molecule has 0 saturated carbocycles. The number of ketones is 1. The second-order valence-electron chi connectivity index (χ2n) is 7.60. The maximum absolute atomic E-state index is 13.6. The van der Waals surface area contributed by atoms with Gasteiger partial charge < -0.3 is 11.1 Å². The second kappa shape index (κ2) is 9.02. The van der Waals surface area contributed by atoms with E-state index in [1.54, 1.807) is 30.3 Å². The summed E-state index contributed by atoms with van der Waals surface area (Å²) in [6.07, 6.45) is 0. The normalized spacial score (nSPS) is 11.4. The molecule has 168 valence electrons. The number of sulfone groups is 1. The van der Waals surface area contributed by atoms with Crippen molar-refractivity contribution in [2.24, 2.45) is 0 Å². The lowest BCUT2D eigenvalue weighted by atomic mass is 10.1. The first-order valence-electron chi connectivity index (χ1n) is 10.1. The highest BCUT2D eigenvalue weighted by molar-refractivity contribution is 7.92. The standard InChI is InChI=1S/C25H21ClN2O3S2/c1-15-8-13-20(16(2)14-15)28-25-24(33(30,31)19-11-9-18(26)10-12-19)21(27)23(32-25)22(29)17-6-4-3-5-7-17/h3-14,28H,27H2,1-2H3. The first kappa shape index (κ1) is 23.0. The van der Waals surface area contributed by atoms with E-state index >= 15 is 0 Å². The van der Waals surface area contributed by atoms with Crippen LogP contribution in [-0.4, -0.2) is 14.2 Å². The van der Waals surface area contributed by atoms with Crippen LogP contribution in [-0.2, 0) is 9.84 Å². The Morgan fingerprint density at radius 3 is 2.27 bits per heavy atom. The molecule has 4 aromatic rings. The number of aryl methyl sites for hydroxylation is 2. The summed E-state index contributed by atoms with van der Waals surface area (Å²) in [4.78, 5) is 13.3. The van der Waals surface area contributed by atoms with E-state index in [1.165, 1.54) is 24.3 Å². The molecule has 0 aliphatic heterocycles. The third kappa shape index (κ3) is 4.53. The molecule has 3 aromatic carbocycles. The third-order valence-electron chi connectivity index (χ3n) is 5.16. The summed E-state index contributed by atoms with van der Waals surface area (Å²) < 4.78 is 27.2. The van der Waals surface area contributed by atoms with Gasteiger partial charge in [-0.2, -0.15) is 0 Å². The maximum Gasteiger partial charge on any atom is 0.211 e. The summed E-state index contributed by atoms with van der Waals surface area (Å²) in [5.41, 5.74) is 9.46. The summed E-state index contributed by atoms with van der Waals surface area (Å²) in [6.45, 7) is 3.91. The van der Waals surface area contributed by atoms with E-state index < -0.39 is 9.84 Å². The number of hydrogen-bond donors (Lipinski definition) is 2. The Balaban J connectivity index is 1.90. The van der Waals surface area contributed by atoms with E-state index in [1.807, 2.05) is 32.0 Å². The van der Waals surface area contributed by atoms with Gasteiger partial charge in [0, 0.05) is 16.3 Å². The van der Waals surface area contributed by atoms with Crippen molar-refractivity contribution < 1.29 is 13.2 Å². The van der Waals surface area contributed by atoms with Crippen LogP contribution in [0.4, 0.5) is 16.4 Å². The lowest BCUT2D eigenvalue weighted by Crippen LogP contribution is -2.08. The maximum atomic E-state index is 13.6. The van der Waals surface area contributed by atoms with E-state index in [2.05, 4.69) is 5.32 Å². The summed E-state index contributed by atoms with van der Waals surface area (Å²) in [7, 11) is -4.04. The predicted molar refractivity (Wildman–Crippen MR) is 135 cm³/mol. The third-order valence-corrected chi connectivity index (χ3v) is 8.52. The number of anilines is 3. The van der Waals surface area contributed by atoms with E-state index in [4.69, 9.17) is 17.3 Å². The molecular weight excluding hydrogens is 476 g/mol. The molecule has 0 bridgehead atoms. The average Bonchev–Trinajstić information content (AvgIpc) is 3.12. The SMILES string of the molecule is Cc1ccc(Nc2sc(C(=O)c3ccccc3)c(N)c2S(=O)(=O)c2ccc(Cl)cc2)c(C)c1. The number of halogens is 1. The van der Waals surface area contributed by atoms with Crippen LogP contribution in [0.3, 0.4) is 0 Å². The van der Waals surface area contributed by atoms with Gasteiger partial charge in [0.2, 0.25) is 15.6 Å². The molecule has 0 atom stereocenters. The van der Waals surface area contributed by atoms with E-state index in [9.17, 15) is 13.2 Å². The molecule has 8 heteroatoms. The highest BCUT2D eigenvalue weighted by atomic mass is 35.5. The van der Waals surface area contributed by atoms with Crippen LogP contribution in [0.1, 0.15) is 26.4 Å². The predicted octanol–water partition coefficient (Wildman–Crippen LogP) is 6.41. The van der Waals surface area contributed by atoms with Gasteiger partial charge in [0.1, 0.15) is 14.8 Å². The molecule has 0 spiro atoms.